The molecule has 0 bridgehead atoms. The fourth-order valence-corrected chi connectivity index (χ4v) is 3.02. The predicted molar refractivity (Wildman–Crippen MR) is 78.2 cm³/mol. The van der Waals surface area contributed by atoms with Crippen LogP contribution >= 0.6 is 11.3 Å². The van der Waals surface area contributed by atoms with E-state index in [9.17, 15) is 5.11 Å². The van der Waals surface area contributed by atoms with E-state index in [1.54, 1.807) is 11.3 Å². The van der Waals surface area contributed by atoms with Crippen LogP contribution in [-0.2, 0) is 0 Å². The van der Waals surface area contributed by atoms with E-state index < -0.39 is 0 Å². The summed E-state index contributed by atoms with van der Waals surface area (Å²) in [6.45, 7) is 4.80. The van der Waals surface area contributed by atoms with Gasteiger partial charge in [0.25, 0.3) is 0 Å². The van der Waals surface area contributed by atoms with Gasteiger partial charge in [0.05, 0.1) is 6.10 Å². The SMILES string of the molecule is CCC(CC)C(O)CNc1nccc2sccc12. The number of nitrogens with zero attached hydrogens (tertiary/aromatic N) is 1. The van der Waals surface area contributed by atoms with Crippen LogP contribution in [0.2, 0.25) is 0 Å². The van der Waals surface area contributed by atoms with E-state index in [0.29, 0.717) is 12.5 Å². The highest BCUT2D eigenvalue weighted by molar-refractivity contribution is 7.17. The Morgan fingerprint density at radius 2 is 2.11 bits per heavy atom. The molecule has 0 aliphatic rings. The van der Waals surface area contributed by atoms with Crippen LogP contribution in [0.4, 0.5) is 5.82 Å². The first kappa shape index (κ1) is 13.3. The zero-order chi connectivity index (χ0) is 13.0. The molecule has 2 aromatic rings. The van der Waals surface area contributed by atoms with Gasteiger partial charge in [0.2, 0.25) is 0 Å². The van der Waals surface area contributed by atoms with Gasteiger partial charge in [-0.05, 0) is 23.4 Å². The molecule has 0 aliphatic heterocycles. The van der Waals surface area contributed by atoms with E-state index >= 15 is 0 Å². The molecule has 0 radical (unpaired) electrons. The first-order valence-electron chi connectivity index (χ1n) is 6.50. The smallest absolute Gasteiger partial charge is 0.134 e. The molecule has 1 unspecified atom stereocenters. The van der Waals surface area contributed by atoms with Crippen molar-refractivity contribution in [2.45, 2.75) is 32.8 Å². The van der Waals surface area contributed by atoms with Crippen molar-refractivity contribution in [3.63, 3.8) is 0 Å². The van der Waals surface area contributed by atoms with Gasteiger partial charge >= 0.3 is 0 Å². The fraction of sp³-hybridized carbons (Fsp3) is 0.500. The van der Waals surface area contributed by atoms with E-state index in [0.717, 1.165) is 24.0 Å². The Balaban J connectivity index is 2.04. The molecule has 0 amide bonds. The van der Waals surface area contributed by atoms with Crippen molar-refractivity contribution >= 4 is 27.2 Å². The molecule has 2 aromatic heterocycles. The van der Waals surface area contributed by atoms with Crippen molar-refractivity contribution in [1.82, 2.24) is 4.98 Å². The monoisotopic (exact) mass is 264 g/mol. The Labute approximate surface area is 112 Å². The standard InChI is InChI=1S/C14H20N2OS/c1-3-10(4-2)12(17)9-16-14-11-6-8-18-13(11)5-7-15-14/h5-8,10,12,17H,3-4,9H2,1-2H3,(H,15,16). The molecule has 2 N–H and O–H groups in total. The Morgan fingerprint density at radius 3 is 2.83 bits per heavy atom. The van der Waals surface area contributed by atoms with Gasteiger partial charge in [-0.3, -0.25) is 0 Å². The number of aliphatic hydroxyl groups excluding tert-OH is 1. The maximum Gasteiger partial charge on any atom is 0.134 e. The number of nitrogens with one attached hydrogen (secondary N) is 1. The number of hydrogen-bond donors (Lipinski definition) is 2. The van der Waals surface area contributed by atoms with Gasteiger partial charge in [-0.15, -0.1) is 11.3 Å². The average Bonchev–Trinajstić information content (AvgIpc) is 2.86. The minimum absolute atomic E-state index is 0.310. The normalized spacial score (nSPS) is 13.1. The molecule has 1 atom stereocenters. The number of rotatable bonds is 6. The number of aliphatic hydroxyl groups is 1. The Morgan fingerprint density at radius 1 is 1.33 bits per heavy atom. The number of thiophene rings is 1. The van der Waals surface area contributed by atoms with Crippen LogP contribution < -0.4 is 5.32 Å². The molecule has 18 heavy (non-hydrogen) atoms. The molecule has 0 aromatic carbocycles. The molecule has 3 nitrogen and oxygen atoms in total. The lowest BCUT2D eigenvalue weighted by Crippen LogP contribution is -2.27. The maximum atomic E-state index is 10.1. The van der Waals surface area contributed by atoms with Gasteiger partial charge in [0.15, 0.2) is 0 Å². The maximum absolute atomic E-state index is 10.1. The molecule has 98 valence electrons. The van der Waals surface area contributed by atoms with Crippen molar-refractivity contribution in [2.24, 2.45) is 5.92 Å². The Bertz CT molecular complexity index is 493. The van der Waals surface area contributed by atoms with Gasteiger partial charge in [-0.2, -0.15) is 0 Å². The van der Waals surface area contributed by atoms with Crippen LogP contribution in [0.25, 0.3) is 10.1 Å². The molecular formula is C14H20N2OS. The molecular weight excluding hydrogens is 244 g/mol. The van der Waals surface area contributed by atoms with Crippen LogP contribution in [0, 0.1) is 5.92 Å². The van der Waals surface area contributed by atoms with Gasteiger partial charge in [0, 0.05) is 22.8 Å². The number of pyridine rings is 1. The molecule has 2 rings (SSSR count). The lowest BCUT2D eigenvalue weighted by Gasteiger charge is -2.20. The Hall–Kier alpha value is -1.13. The molecule has 0 saturated carbocycles. The first-order chi connectivity index (χ1) is 8.76. The van der Waals surface area contributed by atoms with Gasteiger partial charge < -0.3 is 10.4 Å². The largest absolute Gasteiger partial charge is 0.391 e. The molecule has 0 aliphatic carbocycles. The van der Waals surface area contributed by atoms with Gasteiger partial charge in [-0.25, -0.2) is 4.98 Å². The third-order valence-electron chi connectivity index (χ3n) is 3.45. The average molecular weight is 264 g/mol. The highest BCUT2D eigenvalue weighted by Crippen LogP contribution is 2.26. The second kappa shape index (κ2) is 6.16. The van der Waals surface area contributed by atoms with Crippen LogP contribution in [0.15, 0.2) is 23.7 Å². The quantitative estimate of drug-likeness (QED) is 0.839. The number of aromatic nitrogens is 1. The molecule has 2 heterocycles. The summed E-state index contributed by atoms with van der Waals surface area (Å²) in [5.41, 5.74) is 0. The minimum atomic E-state index is -0.310. The summed E-state index contributed by atoms with van der Waals surface area (Å²) in [5, 5.41) is 16.6. The summed E-state index contributed by atoms with van der Waals surface area (Å²) >= 11 is 1.71. The van der Waals surface area contributed by atoms with Gasteiger partial charge in [-0.1, -0.05) is 26.7 Å². The lowest BCUT2D eigenvalue weighted by molar-refractivity contribution is 0.114. The summed E-state index contributed by atoms with van der Waals surface area (Å²) in [6, 6.07) is 4.08. The summed E-state index contributed by atoms with van der Waals surface area (Å²) in [5.74, 6) is 1.23. The lowest BCUT2D eigenvalue weighted by atomic mass is 9.96. The third-order valence-corrected chi connectivity index (χ3v) is 4.33. The highest BCUT2D eigenvalue weighted by atomic mass is 32.1. The first-order valence-corrected chi connectivity index (χ1v) is 7.38. The molecule has 4 heteroatoms. The van der Waals surface area contributed by atoms with Gasteiger partial charge in [0.1, 0.15) is 5.82 Å². The third kappa shape index (κ3) is 2.82. The number of hydrogen-bond acceptors (Lipinski definition) is 4. The van der Waals surface area contributed by atoms with E-state index in [1.165, 1.54) is 4.70 Å². The number of anilines is 1. The van der Waals surface area contributed by atoms with Crippen LogP contribution in [-0.4, -0.2) is 22.7 Å². The fourth-order valence-electron chi connectivity index (χ4n) is 2.24. The topological polar surface area (TPSA) is 45.1 Å². The molecule has 0 saturated heterocycles. The van der Waals surface area contributed by atoms with Crippen molar-refractivity contribution < 1.29 is 5.11 Å². The Kier molecular flexibility index (Phi) is 4.55. The van der Waals surface area contributed by atoms with E-state index in [-0.39, 0.29) is 6.10 Å². The van der Waals surface area contributed by atoms with Crippen LogP contribution in [0.3, 0.4) is 0 Å². The second-order valence-electron chi connectivity index (χ2n) is 4.52. The molecule has 0 fully saturated rings. The van der Waals surface area contributed by atoms with Crippen LogP contribution in [0.5, 0.6) is 0 Å². The van der Waals surface area contributed by atoms with E-state index in [1.807, 2.05) is 12.3 Å². The predicted octanol–water partition coefficient (Wildman–Crippen LogP) is 3.51. The minimum Gasteiger partial charge on any atom is -0.391 e. The van der Waals surface area contributed by atoms with Crippen molar-refractivity contribution in [3.8, 4) is 0 Å². The summed E-state index contributed by atoms with van der Waals surface area (Å²) in [4.78, 5) is 4.35. The van der Waals surface area contributed by atoms with E-state index in [2.05, 4.69) is 35.6 Å². The zero-order valence-electron chi connectivity index (χ0n) is 10.9. The van der Waals surface area contributed by atoms with E-state index in [4.69, 9.17) is 0 Å². The summed E-state index contributed by atoms with van der Waals surface area (Å²) in [7, 11) is 0. The summed E-state index contributed by atoms with van der Waals surface area (Å²) in [6.07, 6.45) is 3.52. The van der Waals surface area contributed by atoms with Crippen LogP contribution in [0.1, 0.15) is 26.7 Å². The van der Waals surface area contributed by atoms with Crippen molar-refractivity contribution in [1.29, 1.82) is 0 Å². The second-order valence-corrected chi connectivity index (χ2v) is 5.46. The summed E-state index contributed by atoms with van der Waals surface area (Å²) < 4.78 is 1.23. The zero-order valence-corrected chi connectivity index (χ0v) is 11.7. The van der Waals surface area contributed by atoms with Crippen molar-refractivity contribution in [2.75, 3.05) is 11.9 Å². The molecule has 0 spiro atoms. The van der Waals surface area contributed by atoms with Crippen molar-refractivity contribution in [3.05, 3.63) is 23.7 Å². The number of fused-ring (bicyclic) bond motifs is 1. The highest BCUT2D eigenvalue weighted by Gasteiger charge is 2.15.